The summed E-state index contributed by atoms with van der Waals surface area (Å²) in [5.74, 6) is -1.34. The van der Waals surface area contributed by atoms with Crippen LogP contribution in [0, 0.1) is 23.5 Å². The quantitative estimate of drug-likeness (QED) is 0.497. The van der Waals surface area contributed by atoms with Crippen LogP contribution in [0.15, 0.2) is 48.1 Å². The monoisotopic (exact) mass is 404 g/mol. The molecule has 1 heterocycles. The van der Waals surface area contributed by atoms with Gasteiger partial charge < -0.3 is 14.2 Å². The molecular weight excluding hydrogens is 374 g/mol. The molecule has 0 saturated carbocycles. The highest BCUT2D eigenvalue weighted by Gasteiger charge is 2.27. The van der Waals surface area contributed by atoms with Crippen LogP contribution in [0.2, 0.25) is 0 Å². The summed E-state index contributed by atoms with van der Waals surface area (Å²) >= 11 is 0. The summed E-state index contributed by atoms with van der Waals surface area (Å²) in [7, 11) is 1.30. The third-order valence-corrected chi connectivity index (χ3v) is 5.87. The molecule has 1 aliphatic carbocycles. The normalized spacial score (nSPS) is 24.5. The molecule has 3 unspecified atom stereocenters. The van der Waals surface area contributed by atoms with Crippen LogP contribution in [0.3, 0.4) is 0 Å². The standard InChI is InChI=1S/C24H30F2O3/c1-4-5-6-17-7-8-18(13-16(17)2)19-9-10-20(28-14-19)15-29-22-12-11-21(27-3)23(25)24(22)26/h4,7-8,11-12,16,19-20H,1,5-6,9-10,13-15H2,2-3H3. The molecule has 3 rings (SSSR count). The SMILES string of the molecule is C=CCCC1=CC=C(C2CCC(COc3ccc(OC)c(F)c3F)OC2)CC1C. The zero-order valence-corrected chi connectivity index (χ0v) is 17.3. The lowest BCUT2D eigenvalue weighted by Crippen LogP contribution is -2.32. The molecule has 0 N–H and O–H groups in total. The first-order chi connectivity index (χ1) is 14.0. The van der Waals surface area contributed by atoms with Gasteiger partial charge in [-0.3, -0.25) is 0 Å². The van der Waals surface area contributed by atoms with Crippen molar-refractivity contribution in [2.45, 2.75) is 45.1 Å². The van der Waals surface area contributed by atoms with Gasteiger partial charge in [0.2, 0.25) is 11.6 Å². The summed E-state index contributed by atoms with van der Waals surface area (Å²) in [6.07, 6.45) is 11.4. The second kappa shape index (κ2) is 10.1. The second-order valence-electron chi connectivity index (χ2n) is 7.85. The van der Waals surface area contributed by atoms with Gasteiger partial charge in [-0.15, -0.1) is 6.58 Å². The van der Waals surface area contributed by atoms with Crippen molar-refractivity contribution in [3.05, 3.63) is 59.7 Å². The largest absolute Gasteiger partial charge is 0.494 e. The number of hydrogen-bond acceptors (Lipinski definition) is 3. The Bertz CT molecular complexity index is 777. The Morgan fingerprint density at radius 1 is 1.17 bits per heavy atom. The van der Waals surface area contributed by atoms with E-state index in [1.165, 1.54) is 30.4 Å². The van der Waals surface area contributed by atoms with Crippen molar-refractivity contribution in [3.63, 3.8) is 0 Å². The van der Waals surface area contributed by atoms with E-state index in [9.17, 15) is 8.78 Å². The Hall–Kier alpha value is -2.14. The smallest absolute Gasteiger partial charge is 0.204 e. The van der Waals surface area contributed by atoms with Gasteiger partial charge >= 0.3 is 0 Å². The Kier molecular flexibility index (Phi) is 7.48. The van der Waals surface area contributed by atoms with Crippen LogP contribution >= 0.6 is 0 Å². The molecule has 0 amide bonds. The number of hydrogen-bond donors (Lipinski definition) is 0. The van der Waals surface area contributed by atoms with Gasteiger partial charge in [0, 0.05) is 5.92 Å². The molecule has 1 aliphatic heterocycles. The van der Waals surface area contributed by atoms with E-state index in [4.69, 9.17) is 14.2 Å². The summed E-state index contributed by atoms with van der Waals surface area (Å²) in [5, 5.41) is 0. The lowest BCUT2D eigenvalue weighted by atomic mass is 9.79. The first-order valence-corrected chi connectivity index (χ1v) is 10.3. The van der Waals surface area contributed by atoms with E-state index in [-0.39, 0.29) is 24.2 Å². The van der Waals surface area contributed by atoms with Crippen LogP contribution in [0.4, 0.5) is 8.78 Å². The van der Waals surface area contributed by atoms with Crippen molar-refractivity contribution >= 4 is 0 Å². The minimum Gasteiger partial charge on any atom is -0.494 e. The lowest BCUT2D eigenvalue weighted by Gasteiger charge is -2.33. The Morgan fingerprint density at radius 2 is 1.93 bits per heavy atom. The summed E-state index contributed by atoms with van der Waals surface area (Å²) in [5.41, 5.74) is 2.94. The minimum absolute atomic E-state index is 0.115. The van der Waals surface area contributed by atoms with Gasteiger partial charge in [0.15, 0.2) is 11.5 Å². The minimum atomic E-state index is -1.03. The van der Waals surface area contributed by atoms with Gasteiger partial charge in [0.25, 0.3) is 0 Å². The average Bonchev–Trinajstić information content (AvgIpc) is 2.74. The molecule has 0 spiro atoms. The number of benzene rings is 1. The molecule has 0 bridgehead atoms. The van der Waals surface area contributed by atoms with E-state index in [0.29, 0.717) is 18.4 Å². The number of ether oxygens (including phenoxy) is 3. The molecule has 3 nitrogen and oxygen atoms in total. The maximum atomic E-state index is 14.0. The van der Waals surface area contributed by atoms with Crippen LogP contribution in [-0.4, -0.2) is 26.4 Å². The maximum Gasteiger partial charge on any atom is 0.204 e. The van der Waals surface area contributed by atoms with Crippen molar-refractivity contribution in [1.29, 1.82) is 0 Å². The van der Waals surface area contributed by atoms with Gasteiger partial charge in [-0.05, 0) is 50.2 Å². The molecule has 158 valence electrons. The van der Waals surface area contributed by atoms with Crippen LogP contribution < -0.4 is 9.47 Å². The number of allylic oxidation sites excluding steroid dienone is 4. The zero-order valence-electron chi connectivity index (χ0n) is 17.3. The number of halogens is 2. The van der Waals surface area contributed by atoms with E-state index in [1.807, 2.05) is 6.08 Å². The fourth-order valence-corrected chi connectivity index (χ4v) is 4.03. The Balaban J connectivity index is 1.50. The molecule has 1 fully saturated rings. The zero-order chi connectivity index (χ0) is 20.8. The fourth-order valence-electron chi connectivity index (χ4n) is 4.03. The summed E-state index contributed by atoms with van der Waals surface area (Å²) in [6.45, 7) is 6.93. The molecule has 2 aliphatic rings. The van der Waals surface area contributed by atoms with E-state index >= 15 is 0 Å². The summed E-state index contributed by atoms with van der Waals surface area (Å²) in [6, 6.07) is 2.74. The van der Waals surface area contributed by atoms with Crippen LogP contribution in [0.1, 0.15) is 39.0 Å². The van der Waals surface area contributed by atoms with Crippen molar-refractivity contribution in [3.8, 4) is 11.5 Å². The fraction of sp³-hybridized carbons (Fsp3) is 0.500. The topological polar surface area (TPSA) is 27.7 Å². The molecule has 1 aromatic carbocycles. The molecule has 0 radical (unpaired) electrons. The van der Waals surface area contributed by atoms with Gasteiger partial charge in [0.1, 0.15) is 6.61 Å². The Morgan fingerprint density at radius 3 is 2.59 bits per heavy atom. The first kappa shape index (κ1) is 21.6. The van der Waals surface area contributed by atoms with Crippen molar-refractivity contribution < 1.29 is 23.0 Å². The molecule has 3 atom stereocenters. The average molecular weight is 404 g/mol. The maximum absolute atomic E-state index is 14.0. The lowest BCUT2D eigenvalue weighted by molar-refractivity contribution is -0.0312. The molecule has 5 heteroatoms. The third-order valence-electron chi connectivity index (χ3n) is 5.87. The van der Waals surface area contributed by atoms with Crippen LogP contribution in [0.25, 0.3) is 0 Å². The van der Waals surface area contributed by atoms with Crippen molar-refractivity contribution in [1.82, 2.24) is 0 Å². The molecule has 29 heavy (non-hydrogen) atoms. The summed E-state index contributed by atoms with van der Waals surface area (Å²) < 4.78 is 44.0. The van der Waals surface area contributed by atoms with E-state index in [1.54, 1.807) is 0 Å². The highest BCUT2D eigenvalue weighted by molar-refractivity contribution is 5.35. The van der Waals surface area contributed by atoms with Gasteiger partial charge in [-0.1, -0.05) is 36.3 Å². The van der Waals surface area contributed by atoms with Gasteiger partial charge in [-0.25, -0.2) is 0 Å². The van der Waals surface area contributed by atoms with E-state index in [0.717, 1.165) is 32.1 Å². The van der Waals surface area contributed by atoms with E-state index < -0.39 is 11.6 Å². The molecule has 1 aromatic rings. The predicted octanol–water partition coefficient (Wildman–Crippen LogP) is 6.01. The van der Waals surface area contributed by atoms with Gasteiger partial charge in [-0.2, -0.15) is 8.78 Å². The van der Waals surface area contributed by atoms with Gasteiger partial charge in [0.05, 0.1) is 19.8 Å². The molecular formula is C24H30F2O3. The van der Waals surface area contributed by atoms with Crippen molar-refractivity contribution in [2.75, 3.05) is 20.3 Å². The van der Waals surface area contributed by atoms with Crippen LogP contribution in [-0.2, 0) is 4.74 Å². The predicted molar refractivity (Wildman–Crippen MR) is 110 cm³/mol. The third kappa shape index (κ3) is 5.27. The highest BCUT2D eigenvalue weighted by atomic mass is 19.2. The molecule has 1 saturated heterocycles. The van der Waals surface area contributed by atoms with Crippen molar-refractivity contribution in [2.24, 2.45) is 11.8 Å². The first-order valence-electron chi connectivity index (χ1n) is 10.3. The number of methoxy groups -OCH3 is 1. The van der Waals surface area contributed by atoms with E-state index in [2.05, 4.69) is 25.7 Å². The number of rotatable bonds is 8. The molecule has 0 aromatic heterocycles. The van der Waals surface area contributed by atoms with Crippen LogP contribution in [0.5, 0.6) is 11.5 Å². The second-order valence-corrected chi connectivity index (χ2v) is 7.85. The summed E-state index contributed by atoms with van der Waals surface area (Å²) in [4.78, 5) is 0. The Labute approximate surface area is 172 Å². The highest BCUT2D eigenvalue weighted by Crippen LogP contribution is 2.35.